The van der Waals surface area contributed by atoms with Crippen LogP contribution in [0.5, 0.6) is 0 Å². The van der Waals surface area contributed by atoms with Crippen LogP contribution in [0.2, 0.25) is 0 Å². The van der Waals surface area contributed by atoms with Crippen molar-refractivity contribution in [2.24, 2.45) is 0 Å². The Hall–Kier alpha value is -0.160. The van der Waals surface area contributed by atoms with Crippen LogP contribution in [0.25, 0.3) is 0 Å². The van der Waals surface area contributed by atoms with E-state index in [4.69, 9.17) is 0 Å². The van der Waals surface area contributed by atoms with Gasteiger partial charge in [-0.25, -0.2) is 0 Å². The van der Waals surface area contributed by atoms with Crippen molar-refractivity contribution in [2.45, 2.75) is 18.9 Å². The number of thiophene rings is 1. The van der Waals surface area contributed by atoms with Gasteiger partial charge in [-0.15, -0.1) is 0 Å². The van der Waals surface area contributed by atoms with Gasteiger partial charge in [0.15, 0.2) is 0 Å². The zero-order valence-electron chi connectivity index (χ0n) is 9.28. The first-order chi connectivity index (χ1) is 7.99. The van der Waals surface area contributed by atoms with Gasteiger partial charge in [0.25, 0.3) is 0 Å². The van der Waals surface area contributed by atoms with Crippen LogP contribution in [0.1, 0.15) is 18.1 Å². The average Bonchev–Trinajstić information content (AvgIpc) is 2.68. The zero-order valence-corrected chi connectivity index (χ0v) is 13.3. The molecule has 4 heteroatoms. The van der Waals surface area contributed by atoms with E-state index in [9.17, 15) is 5.11 Å². The van der Waals surface area contributed by atoms with Gasteiger partial charge in [0.05, 0.1) is 5.60 Å². The molecular weight excluding hydrogens is 364 g/mol. The molecule has 0 aliphatic rings. The summed E-state index contributed by atoms with van der Waals surface area (Å²) < 4.78 is 2.03. The molecule has 0 aliphatic heterocycles. The lowest BCUT2D eigenvalue weighted by atomic mass is 9.91. The highest BCUT2D eigenvalue weighted by Gasteiger charge is 2.26. The zero-order chi connectivity index (χ0) is 12.5. The number of hydrogen-bond donors (Lipinski definition) is 1. The fourth-order valence-corrected chi connectivity index (χ4v) is 3.87. The highest BCUT2D eigenvalue weighted by molar-refractivity contribution is 9.10. The normalized spacial score (nSPS) is 14.6. The van der Waals surface area contributed by atoms with E-state index in [-0.39, 0.29) is 0 Å². The van der Waals surface area contributed by atoms with Crippen LogP contribution in [0.4, 0.5) is 0 Å². The predicted molar refractivity (Wildman–Crippen MR) is 79.4 cm³/mol. The number of benzene rings is 1. The summed E-state index contributed by atoms with van der Waals surface area (Å²) in [5.41, 5.74) is 1.23. The van der Waals surface area contributed by atoms with Crippen LogP contribution in [-0.4, -0.2) is 5.11 Å². The fraction of sp³-hybridized carbons (Fsp3) is 0.231. The highest BCUT2D eigenvalue weighted by Crippen LogP contribution is 2.34. The summed E-state index contributed by atoms with van der Waals surface area (Å²) in [6, 6.07) is 8.04. The Labute approximate surface area is 122 Å². The maximum Gasteiger partial charge on any atom is 0.0927 e. The van der Waals surface area contributed by atoms with Crippen LogP contribution < -0.4 is 0 Å². The third-order valence-electron chi connectivity index (χ3n) is 2.66. The molecule has 17 heavy (non-hydrogen) atoms. The Morgan fingerprint density at radius 2 is 1.82 bits per heavy atom. The molecule has 1 aromatic heterocycles. The van der Waals surface area contributed by atoms with Gasteiger partial charge < -0.3 is 5.11 Å². The van der Waals surface area contributed by atoms with E-state index in [1.54, 1.807) is 11.3 Å². The lowest BCUT2D eigenvalue weighted by Gasteiger charge is -2.23. The average molecular weight is 376 g/mol. The van der Waals surface area contributed by atoms with Gasteiger partial charge in [0, 0.05) is 26.3 Å². The van der Waals surface area contributed by atoms with Crippen molar-refractivity contribution in [3.05, 3.63) is 55.1 Å². The number of rotatable bonds is 3. The Morgan fingerprint density at radius 1 is 1.18 bits per heavy atom. The Morgan fingerprint density at radius 3 is 2.35 bits per heavy atom. The Bertz CT molecular complexity index is 502. The van der Waals surface area contributed by atoms with E-state index in [0.29, 0.717) is 6.42 Å². The molecular formula is C13H12Br2OS. The molecule has 1 heterocycles. The minimum atomic E-state index is -0.841. The van der Waals surface area contributed by atoms with Crippen molar-refractivity contribution in [3.63, 3.8) is 0 Å². The summed E-state index contributed by atoms with van der Waals surface area (Å²) in [4.78, 5) is 0. The molecule has 0 amide bonds. The van der Waals surface area contributed by atoms with Crippen LogP contribution in [-0.2, 0) is 12.0 Å². The van der Waals surface area contributed by atoms with Crippen molar-refractivity contribution in [3.8, 4) is 0 Å². The molecule has 0 bridgehead atoms. The third-order valence-corrected chi connectivity index (χ3v) is 4.89. The second kappa shape index (κ2) is 5.22. The summed E-state index contributed by atoms with van der Waals surface area (Å²) in [7, 11) is 0. The molecule has 1 atom stereocenters. The van der Waals surface area contributed by atoms with E-state index in [1.165, 1.54) is 0 Å². The van der Waals surface area contributed by atoms with Crippen molar-refractivity contribution < 1.29 is 5.11 Å². The fourth-order valence-electron chi connectivity index (χ4n) is 1.76. The maximum absolute atomic E-state index is 10.5. The predicted octanol–water partition coefficient (Wildman–Crippen LogP) is 4.72. The monoisotopic (exact) mass is 374 g/mol. The Balaban J connectivity index is 2.23. The highest BCUT2D eigenvalue weighted by atomic mass is 79.9. The number of hydrogen-bond acceptors (Lipinski definition) is 2. The molecule has 0 radical (unpaired) electrons. The first-order valence-electron chi connectivity index (χ1n) is 5.18. The summed E-state index contributed by atoms with van der Waals surface area (Å²) in [6.45, 7) is 1.85. The molecule has 2 rings (SSSR count). The molecule has 90 valence electrons. The molecule has 1 unspecified atom stereocenters. The number of halogens is 2. The molecule has 0 aliphatic carbocycles. The second-order valence-corrected chi connectivity index (χ2v) is 6.72. The SMILES string of the molecule is CC(O)(Cc1ccc(Br)cc1)c1cscc1Br. The molecule has 1 nitrogen and oxygen atoms in total. The lowest BCUT2D eigenvalue weighted by Crippen LogP contribution is -2.24. The molecule has 1 N–H and O–H groups in total. The van der Waals surface area contributed by atoms with E-state index in [2.05, 4.69) is 31.9 Å². The topological polar surface area (TPSA) is 20.2 Å². The van der Waals surface area contributed by atoms with E-state index in [1.807, 2.05) is 41.9 Å². The minimum Gasteiger partial charge on any atom is -0.385 e. The minimum absolute atomic E-state index is 0.607. The maximum atomic E-state index is 10.5. The van der Waals surface area contributed by atoms with Gasteiger partial charge in [-0.3, -0.25) is 0 Å². The smallest absolute Gasteiger partial charge is 0.0927 e. The van der Waals surface area contributed by atoms with Crippen molar-refractivity contribution >= 4 is 43.2 Å². The van der Waals surface area contributed by atoms with Crippen molar-refractivity contribution in [2.75, 3.05) is 0 Å². The molecule has 0 saturated carbocycles. The van der Waals surface area contributed by atoms with E-state index in [0.717, 1.165) is 20.1 Å². The summed E-state index contributed by atoms with van der Waals surface area (Å²) in [5, 5.41) is 14.5. The summed E-state index contributed by atoms with van der Waals surface area (Å²) in [6.07, 6.45) is 0.607. The summed E-state index contributed by atoms with van der Waals surface area (Å²) >= 11 is 8.47. The molecule has 0 fully saturated rings. The van der Waals surface area contributed by atoms with E-state index >= 15 is 0 Å². The van der Waals surface area contributed by atoms with Crippen LogP contribution >= 0.6 is 43.2 Å². The van der Waals surface area contributed by atoms with Gasteiger partial charge in [-0.1, -0.05) is 28.1 Å². The quantitative estimate of drug-likeness (QED) is 0.822. The standard InChI is InChI=1S/C13H12Br2OS/c1-13(16,11-7-17-8-12(11)15)6-9-2-4-10(14)5-3-9/h2-5,7-8,16H,6H2,1H3. The van der Waals surface area contributed by atoms with Gasteiger partial charge >= 0.3 is 0 Å². The molecule has 0 spiro atoms. The van der Waals surface area contributed by atoms with E-state index < -0.39 is 5.60 Å². The van der Waals surface area contributed by atoms with Gasteiger partial charge in [0.1, 0.15) is 0 Å². The molecule has 0 saturated heterocycles. The second-order valence-electron chi connectivity index (χ2n) is 4.21. The van der Waals surface area contributed by atoms with Crippen LogP contribution in [0.15, 0.2) is 44.0 Å². The first-order valence-corrected chi connectivity index (χ1v) is 7.71. The third kappa shape index (κ3) is 3.19. The summed E-state index contributed by atoms with van der Waals surface area (Å²) in [5.74, 6) is 0. The molecule has 1 aromatic carbocycles. The first kappa shape index (κ1) is 13.3. The van der Waals surface area contributed by atoms with Crippen LogP contribution in [0, 0.1) is 0 Å². The Kier molecular flexibility index (Phi) is 4.08. The van der Waals surface area contributed by atoms with Gasteiger partial charge in [-0.2, -0.15) is 11.3 Å². The molecule has 2 aromatic rings. The van der Waals surface area contributed by atoms with Crippen LogP contribution in [0.3, 0.4) is 0 Å². The largest absolute Gasteiger partial charge is 0.385 e. The van der Waals surface area contributed by atoms with Gasteiger partial charge in [0.2, 0.25) is 0 Å². The van der Waals surface area contributed by atoms with Gasteiger partial charge in [-0.05, 0) is 45.9 Å². The van der Waals surface area contributed by atoms with Crippen molar-refractivity contribution in [1.82, 2.24) is 0 Å². The lowest BCUT2D eigenvalue weighted by molar-refractivity contribution is 0.0573. The van der Waals surface area contributed by atoms with Crippen molar-refractivity contribution in [1.29, 1.82) is 0 Å². The number of aliphatic hydroxyl groups is 1.